The van der Waals surface area contributed by atoms with Crippen molar-refractivity contribution in [2.45, 2.75) is 19.3 Å². The van der Waals surface area contributed by atoms with E-state index >= 15 is 0 Å². The van der Waals surface area contributed by atoms with E-state index in [-0.39, 0.29) is 17.7 Å². The highest BCUT2D eigenvalue weighted by Gasteiger charge is 2.26. The van der Waals surface area contributed by atoms with E-state index in [0.29, 0.717) is 51.0 Å². The number of aryl methyl sites for hydroxylation is 1. The van der Waals surface area contributed by atoms with Crippen molar-refractivity contribution in [3.8, 4) is 5.75 Å². The number of amides is 3. The van der Waals surface area contributed by atoms with Gasteiger partial charge in [-0.25, -0.2) is 0 Å². The van der Waals surface area contributed by atoms with Gasteiger partial charge in [-0.15, -0.1) is 0 Å². The first-order valence-corrected chi connectivity index (χ1v) is 10.2. The Hall–Kier alpha value is -3.35. The molecule has 2 aromatic carbocycles. The molecule has 0 unspecified atom stereocenters. The van der Waals surface area contributed by atoms with Crippen LogP contribution in [0.3, 0.4) is 0 Å². The van der Waals surface area contributed by atoms with Crippen LogP contribution in [0.4, 0.5) is 5.69 Å². The number of carbonyl (C=O) groups is 3. The average molecular weight is 407 g/mol. The van der Waals surface area contributed by atoms with E-state index in [0.717, 1.165) is 22.6 Å². The molecule has 30 heavy (non-hydrogen) atoms. The maximum atomic E-state index is 12.9. The topological polar surface area (TPSA) is 79.0 Å². The van der Waals surface area contributed by atoms with Gasteiger partial charge in [0, 0.05) is 43.9 Å². The third-order valence-electron chi connectivity index (χ3n) is 5.66. The van der Waals surface area contributed by atoms with Gasteiger partial charge in [0.15, 0.2) is 0 Å². The first kappa shape index (κ1) is 19.9. The van der Waals surface area contributed by atoms with Gasteiger partial charge in [0.05, 0.1) is 13.5 Å². The zero-order chi connectivity index (χ0) is 21.1. The third kappa shape index (κ3) is 4.30. The van der Waals surface area contributed by atoms with E-state index in [4.69, 9.17) is 4.74 Å². The van der Waals surface area contributed by atoms with Gasteiger partial charge in [-0.3, -0.25) is 14.4 Å². The molecule has 4 rings (SSSR count). The second-order valence-corrected chi connectivity index (χ2v) is 7.62. The molecule has 0 bridgehead atoms. The number of nitrogens with zero attached hydrogens (tertiary/aromatic N) is 2. The smallest absolute Gasteiger partial charge is 0.253 e. The number of hydrogen-bond donors (Lipinski definition) is 1. The first-order valence-electron chi connectivity index (χ1n) is 10.2. The van der Waals surface area contributed by atoms with Crippen LogP contribution in [-0.2, 0) is 22.4 Å². The van der Waals surface area contributed by atoms with E-state index in [1.165, 1.54) is 0 Å². The van der Waals surface area contributed by atoms with Crippen LogP contribution in [0.15, 0.2) is 42.5 Å². The Morgan fingerprint density at radius 2 is 1.77 bits per heavy atom. The molecule has 0 spiro atoms. The van der Waals surface area contributed by atoms with Crippen LogP contribution in [0, 0.1) is 0 Å². The highest BCUT2D eigenvalue weighted by Crippen LogP contribution is 2.24. The van der Waals surface area contributed by atoms with Gasteiger partial charge in [0.1, 0.15) is 5.75 Å². The van der Waals surface area contributed by atoms with Crippen LogP contribution >= 0.6 is 0 Å². The van der Waals surface area contributed by atoms with Crippen LogP contribution < -0.4 is 10.1 Å². The maximum absolute atomic E-state index is 12.9. The highest BCUT2D eigenvalue weighted by molar-refractivity contribution is 5.98. The van der Waals surface area contributed by atoms with Gasteiger partial charge in [-0.2, -0.15) is 0 Å². The van der Waals surface area contributed by atoms with Gasteiger partial charge in [0.2, 0.25) is 11.8 Å². The summed E-state index contributed by atoms with van der Waals surface area (Å²) < 4.78 is 5.21. The summed E-state index contributed by atoms with van der Waals surface area (Å²) in [5.41, 5.74) is 3.32. The molecule has 2 aliphatic heterocycles. The average Bonchev–Trinajstić information content (AvgIpc) is 2.78. The molecule has 0 aliphatic carbocycles. The first-order chi connectivity index (χ1) is 14.5. The molecule has 0 aromatic heterocycles. The van der Waals surface area contributed by atoms with Gasteiger partial charge in [-0.05, 0) is 47.9 Å². The standard InChI is InChI=1S/C23H25N3O4/c1-30-19-4-2-3-16(13-19)14-22(28)25-9-11-26(12-10-25)23(29)18-5-7-20-17(15-18)6-8-21(27)24-20/h2-5,7,13,15H,6,8-12,14H2,1H3,(H,24,27). The predicted molar refractivity (Wildman–Crippen MR) is 113 cm³/mol. The molecule has 156 valence electrons. The molecule has 0 saturated carbocycles. The Labute approximate surface area is 175 Å². The summed E-state index contributed by atoms with van der Waals surface area (Å²) in [5, 5.41) is 2.84. The lowest BCUT2D eigenvalue weighted by Gasteiger charge is -2.35. The number of benzene rings is 2. The number of hydrogen-bond acceptors (Lipinski definition) is 4. The molecular weight excluding hydrogens is 382 g/mol. The Bertz CT molecular complexity index is 980. The van der Waals surface area contributed by atoms with Crippen molar-refractivity contribution in [2.24, 2.45) is 0 Å². The molecule has 0 atom stereocenters. The fourth-order valence-corrected chi connectivity index (χ4v) is 3.93. The second-order valence-electron chi connectivity index (χ2n) is 7.62. The van der Waals surface area contributed by atoms with Gasteiger partial charge in [-0.1, -0.05) is 12.1 Å². The lowest BCUT2D eigenvalue weighted by molar-refractivity contribution is -0.131. The van der Waals surface area contributed by atoms with E-state index < -0.39 is 0 Å². The van der Waals surface area contributed by atoms with Gasteiger partial charge in [0.25, 0.3) is 5.91 Å². The summed E-state index contributed by atoms with van der Waals surface area (Å²) in [5.74, 6) is 0.770. The van der Waals surface area contributed by atoms with Crippen molar-refractivity contribution >= 4 is 23.4 Å². The van der Waals surface area contributed by atoms with Crippen LogP contribution in [0.25, 0.3) is 0 Å². The monoisotopic (exact) mass is 407 g/mol. The van der Waals surface area contributed by atoms with Crippen molar-refractivity contribution in [1.82, 2.24) is 9.80 Å². The summed E-state index contributed by atoms with van der Waals surface area (Å²) in [6.45, 7) is 2.07. The third-order valence-corrected chi connectivity index (χ3v) is 5.66. The van der Waals surface area contributed by atoms with Crippen molar-refractivity contribution in [2.75, 3.05) is 38.6 Å². The Kier molecular flexibility index (Phi) is 5.70. The molecule has 2 aliphatic rings. The highest BCUT2D eigenvalue weighted by atomic mass is 16.5. The number of piperazine rings is 1. The quantitative estimate of drug-likeness (QED) is 0.842. The summed E-state index contributed by atoms with van der Waals surface area (Å²) in [6.07, 6.45) is 1.41. The number of ether oxygens (including phenoxy) is 1. The second kappa shape index (κ2) is 8.57. The number of carbonyl (C=O) groups excluding carboxylic acids is 3. The fraction of sp³-hybridized carbons (Fsp3) is 0.348. The van der Waals surface area contributed by atoms with Crippen molar-refractivity contribution in [3.05, 3.63) is 59.2 Å². The van der Waals surface area contributed by atoms with Crippen LogP contribution in [-0.4, -0.2) is 60.8 Å². The minimum Gasteiger partial charge on any atom is -0.497 e. The van der Waals surface area contributed by atoms with Crippen LogP contribution in [0.1, 0.15) is 27.9 Å². The van der Waals surface area contributed by atoms with Crippen molar-refractivity contribution in [3.63, 3.8) is 0 Å². The summed E-state index contributed by atoms with van der Waals surface area (Å²) >= 11 is 0. The largest absolute Gasteiger partial charge is 0.497 e. The zero-order valence-electron chi connectivity index (χ0n) is 17.0. The summed E-state index contributed by atoms with van der Waals surface area (Å²) in [6, 6.07) is 12.9. The van der Waals surface area contributed by atoms with E-state index in [1.54, 1.807) is 24.1 Å². The zero-order valence-corrected chi connectivity index (χ0v) is 17.0. The lowest BCUT2D eigenvalue weighted by atomic mass is 10.00. The summed E-state index contributed by atoms with van der Waals surface area (Å²) in [7, 11) is 1.61. The Balaban J connectivity index is 1.34. The SMILES string of the molecule is COc1cccc(CC(=O)N2CCN(C(=O)c3ccc4c(c3)CCC(=O)N4)CC2)c1. The Morgan fingerprint density at radius 1 is 1.00 bits per heavy atom. The fourth-order valence-electron chi connectivity index (χ4n) is 3.93. The maximum Gasteiger partial charge on any atom is 0.253 e. The van der Waals surface area contributed by atoms with E-state index in [1.807, 2.05) is 35.2 Å². The normalized spacial score (nSPS) is 16.0. The molecule has 3 amide bonds. The minimum absolute atomic E-state index is 0.0105. The number of fused-ring (bicyclic) bond motifs is 1. The molecule has 2 aromatic rings. The number of methoxy groups -OCH3 is 1. The van der Waals surface area contributed by atoms with Gasteiger partial charge >= 0.3 is 0 Å². The van der Waals surface area contributed by atoms with Crippen LogP contribution in [0.2, 0.25) is 0 Å². The lowest BCUT2D eigenvalue weighted by Crippen LogP contribution is -2.51. The number of rotatable bonds is 4. The van der Waals surface area contributed by atoms with E-state index in [9.17, 15) is 14.4 Å². The molecule has 7 nitrogen and oxygen atoms in total. The van der Waals surface area contributed by atoms with Crippen LogP contribution in [0.5, 0.6) is 5.75 Å². The summed E-state index contributed by atoms with van der Waals surface area (Å²) in [4.78, 5) is 40.7. The molecular formula is C23H25N3O4. The molecule has 7 heteroatoms. The van der Waals surface area contributed by atoms with Crippen molar-refractivity contribution in [1.29, 1.82) is 0 Å². The number of anilines is 1. The molecule has 1 saturated heterocycles. The minimum atomic E-state index is -0.0328. The van der Waals surface area contributed by atoms with E-state index in [2.05, 4.69) is 5.32 Å². The molecule has 1 fully saturated rings. The van der Waals surface area contributed by atoms with Gasteiger partial charge < -0.3 is 19.9 Å². The molecule has 1 N–H and O–H groups in total. The molecule has 0 radical (unpaired) electrons. The molecule has 2 heterocycles. The predicted octanol–water partition coefficient (Wildman–Crippen LogP) is 2.11. The Morgan fingerprint density at radius 3 is 2.53 bits per heavy atom. The van der Waals surface area contributed by atoms with Crippen molar-refractivity contribution < 1.29 is 19.1 Å². The number of nitrogens with one attached hydrogen (secondary N) is 1.